The zero-order chi connectivity index (χ0) is 18.9. The first-order valence-electron chi connectivity index (χ1n) is 9.69. The van der Waals surface area contributed by atoms with E-state index in [0.29, 0.717) is 0 Å². The van der Waals surface area contributed by atoms with E-state index in [1.54, 1.807) is 0 Å². The van der Waals surface area contributed by atoms with Crippen molar-refractivity contribution in [2.24, 2.45) is 0 Å². The Morgan fingerprint density at radius 1 is 0.593 bits per heavy atom. The predicted molar refractivity (Wildman–Crippen MR) is 112 cm³/mol. The van der Waals surface area contributed by atoms with Gasteiger partial charge in [-0.05, 0) is 47.1 Å². The second-order valence-electron chi connectivity index (χ2n) is 6.95. The Hall–Kier alpha value is -2.87. The molecule has 0 saturated carbocycles. The Bertz CT molecular complexity index is 834. The van der Waals surface area contributed by atoms with Crippen molar-refractivity contribution in [3.8, 4) is 22.3 Å². The molecule has 0 aliphatic heterocycles. The third kappa shape index (κ3) is 5.82. The van der Waals surface area contributed by atoms with Gasteiger partial charge in [0.05, 0.1) is 0 Å². The maximum Gasteiger partial charge on any atom is 0.303 e. The van der Waals surface area contributed by atoms with Gasteiger partial charge in [0.2, 0.25) is 0 Å². The summed E-state index contributed by atoms with van der Waals surface area (Å²) in [4.78, 5) is 10.5. The van der Waals surface area contributed by atoms with Crippen LogP contribution in [0.1, 0.15) is 37.7 Å². The molecule has 0 bridgehead atoms. The summed E-state index contributed by atoms with van der Waals surface area (Å²) in [5.41, 5.74) is 6.29. The number of unbranched alkanes of at least 4 members (excludes halogenated alkanes) is 3. The van der Waals surface area contributed by atoms with Gasteiger partial charge in [-0.1, -0.05) is 91.7 Å². The molecular formula is C25H26O2. The summed E-state index contributed by atoms with van der Waals surface area (Å²) in [5, 5.41) is 8.64. The molecule has 0 aliphatic rings. The highest BCUT2D eigenvalue weighted by atomic mass is 16.4. The molecule has 3 rings (SSSR count). The molecule has 2 heteroatoms. The van der Waals surface area contributed by atoms with Crippen molar-refractivity contribution >= 4 is 5.97 Å². The standard InChI is InChI=1S/C25H26O2/c26-25(27)11-7-2-1-4-8-20-12-14-22(15-13-20)24-18-16-23(17-19-24)21-9-5-3-6-10-21/h3,5-6,9-10,12-19H,1-2,4,7-8,11H2,(H,26,27). The van der Waals surface area contributed by atoms with E-state index in [0.717, 1.165) is 32.1 Å². The fourth-order valence-corrected chi connectivity index (χ4v) is 3.31. The average Bonchev–Trinajstić information content (AvgIpc) is 2.72. The number of carboxylic acid groups (broad SMARTS) is 1. The van der Waals surface area contributed by atoms with Crippen molar-refractivity contribution in [1.29, 1.82) is 0 Å². The summed E-state index contributed by atoms with van der Waals surface area (Å²) in [6.07, 6.45) is 5.34. The SMILES string of the molecule is O=C(O)CCCCCCc1ccc(-c2ccc(-c3ccccc3)cc2)cc1. The van der Waals surface area contributed by atoms with Crippen LogP contribution in [0.15, 0.2) is 78.9 Å². The number of hydrogen-bond donors (Lipinski definition) is 1. The van der Waals surface area contributed by atoms with Crippen molar-refractivity contribution in [2.45, 2.75) is 38.5 Å². The molecule has 0 aliphatic carbocycles. The minimum Gasteiger partial charge on any atom is -0.481 e. The number of carbonyl (C=O) groups is 1. The lowest BCUT2D eigenvalue weighted by Crippen LogP contribution is -1.94. The highest BCUT2D eigenvalue weighted by Crippen LogP contribution is 2.25. The van der Waals surface area contributed by atoms with Crippen LogP contribution in [0, 0.1) is 0 Å². The minimum absolute atomic E-state index is 0.289. The van der Waals surface area contributed by atoms with Gasteiger partial charge in [-0.2, -0.15) is 0 Å². The van der Waals surface area contributed by atoms with Gasteiger partial charge in [0.25, 0.3) is 0 Å². The van der Waals surface area contributed by atoms with Gasteiger partial charge in [-0.25, -0.2) is 0 Å². The zero-order valence-electron chi connectivity index (χ0n) is 15.6. The third-order valence-corrected chi connectivity index (χ3v) is 4.89. The molecule has 3 aromatic rings. The molecule has 2 nitrogen and oxygen atoms in total. The summed E-state index contributed by atoms with van der Waals surface area (Å²) < 4.78 is 0. The van der Waals surface area contributed by atoms with E-state index in [4.69, 9.17) is 5.11 Å². The van der Waals surface area contributed by atoms with Gasteiger partial charge in [0.15, 0.2) is 0 Å². The van der Waals surface area contributed by atoms with Crippen LogP contribution in [0.5, 0.6) is 0 Å². The quantitative estimate of drug-likeness (QED) is 0.438. The molecule has 3 aromatic carbocycles. The fraction of sp³-hybridized carbons (Fsp3) is 0.240. The third-order valence-electron chi connectivity index (χ3n) is 4.89. The van der Waals surface area contributed by atoms with Gasteiger partial charge in [-0.15, -0.1) is 0 Å². The average molecular weight is 358 g/mol. The van der Waals surface area contributed by atoms with E-state index in [2.05, 4.69) is 72.8 Å². The Labute approximate surface area is 161 Å². The Morgan fingerprint density at radius 3 is 1.63 bits per heavy atom. The maximum absolute atomic E-state index is 10.5. The van der Waals surface area contributed by atoms with Gasteiger partial charge >= 0.3 is 5.97 Å². The monoisotopic (exact) mass is 358 g/mol. The molecule has 0 unspecified atom stereocenters. The Balaban J connectivity index is 1.52. The topological polar surface area (TPSA) is 37.3 Å². The predicted octanol–water partition coefficient (Wildman–Crippen LogP) is 6.60. The van der Waals surface area contributed by atoms with E-state index in [1.165, 1.54) is 27.8 Å². The van der Waals surface area contributed by atoms with Crippen LogP contribution in [0.25, 0.3) is 22.3 Å². The van der Waals surface area contributed by atoms with E-state index >= 15 is 0 Å². The molecule has 138 valence electrons. The van der Waals surface area contributed by atoms with Crippen LogP contribution in [0.3, 0.4) is 0 Å². The van der Waals surface area contributed by atoms with Crippen LogP contribution in [0.2, 0.25) is 0 Å². The summed E-state index contributed by atoms with van der Waals surface area (Å²) in [7, 11) is 0. The first-order valence-corrected chi connectivity index (χ1v) is 9.69. The molecule has 1 N–H and O–H groups in total. The number of benzene rings is 3. The van der Waals surface area contributed by atoms with E-state index in [-0.39, 0.29) is 6.42 Å². The lowest BCUT2D eigenvalue weighted by molar-refractivity contribution is -0.137. The second kappa shape index (κ2) is 9.72. The van der Waals surface area contributed by atoms with Crippen LogP contribution < -0.4 is 0 Å². The number of carboxylic acids is 1. The molecule has 0 spiro atoms. The minimum atomic E-state index is -0.692. The molecule has 0 atom stereocenters. The van der Waals surface area contributed by atoms with Gasteiger partial charge in [0.1, 0.15) is 0 Å². The molecule has 0 aromatic heterocycles. The van der Waals surface area contributed by atoms with E-state index < -0.39 is 5.97 Å². The van der Waals surface area contributed by atoms with Crippen molar-refractivity contribution in [2.75, 3.05) is 0 Å². The number of aryl methyl sites for hydroxylation is 1. The van der Waals surface area contributed by atoms with E-state index in [1.807, 2.05) is 6.07 Å². The second-order valence-corrected chi connectivity index (χ2v) is 6.95. The lowest BCUT2D eigenvalue weighted by atomic mass is 9.98. The van der Waals surface area contributed by atoms with Gasteiger partial charge < -0.3 is 5.11 Å². The van der Waals surface area contributed by atoms with Crippen molar-refractivity contribution < 1.29 is 9.90 Å². The first kappa shape index (κ1) is 18.9. The van der Waals surface area contributed by atoms with Gasteiger partial charge in [-0.3, -0.25) is 4.79 Å². The molecule has 0 amide bonds. The molecule has 27 heavy (non-hydrogen) atoms. The summed E-state index contributed by atoms with van der Waals surface area (Å²) >= 11 is 0. The van der Waals surface area contributed by atoms with Crippen LogP contribution in [-0.2, 0) is 11.2 Å². The molecule has 0 heterocycles. The Morgan fingerprint density at radius 2 is 1.07 bits per heavy atom. The Kier molecular flexibility index (Phi) is 6.81. The molecule has 0 fully saturated rings. The zero-order valence-corrected chi connectivity index (χ0v) is 15.6. The van der Waals surface area contributed by atoms with E-state index in [9.17, 15) is 4.79 Å². The fourth-order valence-electron chi connectivity index (χ4n) is 3.31. The normalized spacial score (nSPS) is 10.7. The number of rotatable bonds is 9. The van der Waals surface area contributed by atoms with Crippen molar-refractivity contribution in [3.63, 3.8) is 0 Å². The van der Waals surface area contributed by atoms with Crippen LogP contribution in [-0.4, -0.2) is 11.1 Å². The maximum atomic E-state index is 10.5. The largest absolute Gasteiger partial charge is 0.481 e. The summed E-state index contributed by atoms with van der Waals surface area (Å²) in [6.45, 7) is 0. The molecule has 0 radical (unpaired) electrons. The smallest absolute Gasteiger partial charge is 0.303 e. The summed E-state index contributed by atoms with van der Waals surface area (Å²) in [5.74, 6) is -0.692. The highest BCUT2D eigenvalue weighted by molar-refractivity contribution is 5.70. The highest BCUT2D eigenvalue weighted by Gasteiger charge is 2.01. The number of hydrogen-bond acceptors (Lipinski definition) is 1. The van der Waals surface area contributed by atoms with Crippen molar-refractivity contribution in [1.82, 2.24) is 0 Å². The molecule has 0 saturated heterocycles. The first-order chi connectivity index (χ1) is 13.2. The summed E-state index contributed by atoms with van der Waals surface area (Å²) in [6, 6.07) is 27.9. The van der Waals surface area contributed by atoms with Crippen LogP contribution >= 0.6 is 0 Å². The van der Waals surface area contributed by atoms with Crippen LogP contribution in [0.4, 0.5) is 0 Å². The number of aliphatic carboxylic acids is 1. The van der Waals surface area contributed by atoms with Gasteiger partial charge in [0, 0.05) is 6.42 Å². The lowest BCUT2D eigenvalue weighted by Gasteiger charge is -2.07. The molecular weight excluding hydrogens is 332 g/mol. The van der Waals surface area contributed by atoms with Crippen molar-refractivity contribution in [3.05, 3.63) is 84.4 Å².